The van der Waals surface area contributed by atoms with E-state index in [0.29, 0.717) is 25.1 Å². The SMILES string of the molecule is O=C(c1cnn2ccccc12)N1C[C@@H]2CCC[C@@]2(C(=O)O)C1. The minimum absolute atomic E-state index is 0.0794. The number of hydrogen-bond acceptors (Lipinski definition) is 3. The van der Waals surface area contributed by atoms with Crippen molar-refractivity contribution in [3.8, 4) is 0 Å². The first-order valence-corrected chi connectivity index (χ1v) is 7.57. The molecule has 0 radical (unpaired) electrons. The molecule has 1 saturated heterocycles. The van der Waals surface area contributed by atoms with Crippen LogP contribution in [0.3, 0.4) is 0 Å². The van der Waals surface area contributed by atoms with Gasteiger partial charge in [-0.25, -0.2) is 4.52 Å². The van der Waals surface area contributed by atoms with Gasteiger partial charge in [0.25, 0.3) is 5.91 Å². The van der Waals surface area contributed by atoms with Gasteiger partial charge in [0.1, 0.15) is 0 Å². The highest BCUT2D eigenvalue weighted by Crippen LogP contribution is 2.49. The van der Waals surface area contributed by atoms with Crippen LogP contribution in [0.2, 0.25) is 0 Å². The third kappa shape index (κ3) is 1.70. The highest BCUT2D eigenvalue weighted by Gasteiger charge is 2.55. The Bertz CT molecular complexity index is 769. The van der Waals surface area contributed by atoms with E-state index in [2.05, 4.69) is 5.10 Å². The number of hydrogen-bond donors (Lipinski definition) is 1. The van der Waals surface area contributed by atoms with E-state index in [1.807, 2.05) is 18.2 Å². The molecule has 2 atom stereocenters. The highest BCUT2D eigenvalue weighted by atomic mass is 16.4. The van der Waals surface area contributed by atoms with Crippen molar-refractivity contribution < 1.29 is 14.7 Å². The van der Waals surface area contributed by atoms with Crippen molar-refractivity contribution in [2.24, 2.45) is 11.3 Å². The Morgan fingerprint density at radius 2 is 2.23 bits per heavy atom. The van der Waals surface area contributed by atoms with E-state index in [-0.39, 0.29) is 11.8 Å². The highest BCUT2D eigenvalue weighted by molar-refractivity contribution is 6.01. The average molecular weight is 299 g/mol. The van der Waals surface area contributed by atoms with Crippen LogP contribution >= 0.6 is 0 Å². The van der Waals surface area contributed by atoms with E-state index in [1.165, 1.54) is 0 Å². The van der Waals surface area contributed by atoms with Crippen molar-refractivity contribution in [2.45, 2.75) is 19.3 Å². The van der Waals surface area contributed by atoms with Crippen LogP contribution in [0.1, 0.15) is 29.6 Å². The number of fused-ring (bicyclic) bond motifs is 2. The Labute approximate surface area is 127 Å². The third-order valence-corrected chi connectivity index (χ3v) is 5.24. The summed E-state index contributed by atoms with van der Waals surface area (Å²) in [7, 11) is 0. The fraction of sp³-hybridized carbons (Fsp3) is 0.438. The molecule has 1 aliphatic heterocycles. The molecular formula is C16H17N3O3. The summed E-state index contributed by atoms with van der Waals surface area (Å²) in [6.45, 7) is 0.852. The first kappa shape index (κ1) is 13.3. The Morgan fingerprint density at radius 1 is 1.36 bits per heavy atom. The number of rotatable bonds is 2. The van der Waals surface area contributed by atoms with Gasteiger partial charge in [-0.2, -0.15) is 5.10 Å². The van der Waals surface area contributed by atoms with Crippen LogP contribution in [-0.2, 0) is 4.79 Å². The maximum Gasteiger partial charge on any atom is 0.311 e. The fourth-order valence-corrected chi connectivity index (χ4v) is 4.06. The van der Waals surface area contributed by atoms with E-state index in [9.17, 15) is 14.7 Å². The summed E-state index contributed by atoms with van der Waals surface area (Å²) in [5, 5.41) is 13.8. The molecule has 1 aliphatic carbocycles. The van der Waals surface area contributed by atoms with Gasteiger partial charge in [-0.05, 0) is 30.9 Å². The molecule has 2 aromatic heterocycles. The van der Waals surface area contributed by atoms with Gasteiger partial charge in [0.2, 0.25) is 0 Å². The molecule has 6 heteroatoms. The third-order valence-electron chi connectivity index (χ3n) is 5.24. The number of aromatic nitrogens is 2. The van der Waals surface area contributed by atoms with Gasteiger partial charge in [0.15, 0.2) is 0 Å². The van der Waals surface area contributed by atoms with Crippen LogP contribution in [0.25, 0.3) is 5.52 Å². The lowest BCUT2D eigenvalue weighted by Gasteiger charge is -2.23. The number of carboxylic acids is 1. The second-order valence-electron chi connectivity index (χ2n) is 6.32. The van der Waals surface area contributed by atoms with Crippen molar-refractivity contribution in [2.75, 3.05) is 13.1 Å². The quantitative estimate of drug-likeness (QED) is 0.915. The van der Waals surface area contributed by atoms with E-state index in [4.69, 9.17) is 0 Å². The van der Waals surface area contributed by atoms with Gasteiger partial charge in [-0.15, -0.1) is 0 Å². The molecule has 0 aromatic carbocycles. The number of carbonyl (C=O) groups is 2. The molecule has 22 heavy (non-hydrogen) atoms. The van der Waals surface area contributed by atoms with E-state index >= 15 is 0 Å². The molecule has 0 unspecified atom stereocenters. The van der Waals surface area contributed by atoms with Crippen molar-refractivity contribution in [1.29, 1.82) is 0 Å². The molecule has 6 nitrogen and oxygen atoms in total. The first-order chi connectivity index (χ1) is 10.6. The molecule has 1 amide bonds. The summed E-state index contributed by atoms with van der Waals surface area (Å²) < 4.78 is 1.66. The van der Waals surface area contributed by atoms with Gasteiger partial charge in [0, 0.05) is 19.3 Å². The zero-order chi connectivity index (χ0) is 15.3. The number of carbonyl (C=O) groups excluding carboxylic acids is 1. The van der Waals surface area contributed by atoms with Gasteiger partial charge in [-0.1, -0.05) is 12.5 Å². The maximum atomic E-state index is 12.8. The van der Waals surface area contributed by atoms with Crippen molar-refractivity contribution >= 4 is 17.4 Å². The molecule has 0 spiro atoms. The zero-order valence-electron chi connectivity index (χ0n) is 12.1. The molecule has 114 valence electrons. The van der Waals surface area contributed by atoms with Gasteiger partial charge in [0.05, 0.1) is 22.7 Å². The number of pyridine rings is 1. The van der Waals surface area contributed by atoms with Crippen molar-refractivity contribution in [3.05, 3.63) is 36.2 Å². The predicted molar refractivity (Wildman–Crippen MR) is 78.5 cm³/mol. The first-order valence-electron chi connectivity index (χ1n) is 7.57. The number of carboxylic acid groups (broad SMARTS) is 1. The summed E-state index contributed by atoms with van der Waals surface area (Å²) in [5.74, 6) is -0.794. The lowest BCUT2D eigenvalue weighted by Crippen LogP contribution is -2.37. The van der Waals surface area contributed by atoms with Crippen molar-refractivity contribution in [3.63, 3.8) is 0 Å². The summed E-state index contributed by atoms with van der Waals surface area (Å²) in [4.78, 5) is 26.2. The maximum absolute atomic E-state index is 12.8. The number of likely N-dealkylation sites (tertiary alicyclic amines) is 1. The number of nitrogens with zero attached hydrogens (tertiary/aromatic N) is 3. The zero-order valence-corrected chi connectivity index (χ0v) is 12.1. The molecule has 1 saturated carbocycles. The van der Waals surface area contributed by atoms with Crippen LogP contribution < -0.4 is 0 Å². The summed E-state index contributed by atoms with van der Waals surface area (Å²) in [6.07, 6.45) is 5.87. The second-order valence-corrected chi connectivity index (χ2v) is 6.32. The van der Waals surface area contributed by atoms with E-state index in [1.54, 1.807) is 21.8 Å². The topological polar surface area (TPSA) is 74.9 Å². The van der Waals surface area contributed by atoms with Crippen LogP contribution in [-0.4, -0.2) is 44.6 Å². The Balaban J connectivity index is 1.66. The Kier molecular flexibility index (Phi) is 2.76. The van der Waals surface area contributed by atoms with Crippen LogP contribution in [0.15, 0.2) is 30.6 Å². The molecule has 0 bridgehead atoms. The smallest absolute Gasteiger partial charge is 0.311 e. The molecule has 2 fully saturated rings. The predicted octanol–water partition coefficient (Wildman–Crippen LogP) is 1.66. The van der Waals surface area contributed by atoms with Crippen molar-refractivity contribution in [1.82, 2.24) is 14.5 Å². The second kappa shape index (κ2) is 4.56. The fourth-order valence-electron chi connectivity index (χ4n) is 4.06. The number of aliphatic carboxylic acids is 1. The monoisotopic (exact) mass is 299 g/mol. The lowest BCUT2D eigenvalue weighted by molar-refractivity contribution is -0.149. The summed E-state index contributed by atoms with van der Waals surface area (Å²) in [6, 6.07) is 5.57. The number of amides is 1. The summed E-state index contributed by atoms with van der Waals surface area (Å²) >= 11 is 0. The standard InChI is InChI=1S/C16H17N3O3/c20-14(12-8-17-19-7-2-1-5-13(12)19)18-9-11-4-3-6-16(11,10-18)15(21)22/h1-2,5,7-8,11H,3-4,6,9-10H2,(H,21,22)/t11-,16+/m0/s1. The van der Waals surface area contributed by atoms with E-state index in [0.717, 1.165) is 18.4 Å². The minimum atomic E-state index is -0.759. The van der Waals surface area contributed by atoms with Gasteiger partial charge in [-0.3, -0.25) is 9.59 Å². The Morgan fingerprint density at radius 3 is 3.00 bits per heavy atom. The molecule has 1 N–H and O–H groups in total. The normalized spacial score (nSPS) is 27.3. The average Bonchev–Trinajstić information content (AvgIpc) is 3.18. The van der Waals surface area contributed by atoms with Crippen LogP contribution in [0.4, 0.5) is 0 Å². The Hall–Kier alpha value is -2.37. The van der Waals surface area contributed by atoms with Crippen LogP contribution in [0, 0.1) is 11.3 Å². The van der Waals surface area contributed by atoms with Gasteiger partial charge < -0.3 is 10.0 Å². The molecular weight excluding hydrogens is 282 g/mol. The molecule has 2 aromatic rings. The molecule has 3 heterocycles. The largest absolute Gasteiger partial charge is 0.481 e. The van der Waals surface area contributed by atoms with Gasteiger partial charge >= 0.3 is 5.97 Å². The minimum Gasteiger partial charge on any atom is -0.481 e. The molecule has 2 aliphatic rings. The summed E-state index contributed by atoms with van der Waals surface area (Å²) in [5.41, 5.74) is 0.563. The lowest BCUT2D eigenvalue weighted by atomic mass is 9.81. The molecule has 4 rings (SSSR count). The van der Waals surface area contributed by atoms with E-state index < -0.39 is 11.4 Å². The van der Waals surface area contributed by atoms with Crippen LogP contribution in [0.5, 0.6) is 0 Å².